The highest BCUT2D eigenvalue weighted by molar-refractivity contribution is 9.10. The van der Waals surface area contributed by atoms with E-state index in [2.05, 4.69) is 38.0 Å². The second-order valence-corrected chi connectivity index (χ2v) is 5.23. The normalized spacial score (nSPS) is 21.2. The molecular formula is C9H11BrN2OS. The molecule has 0 bridgehead atoms. The fourth-order valence-electron chi connectivity index (χ4n) is 1.44. The molecule has 1 aliphatic heterocycles. The minimum Gasteiger partial charge on any atom is -0.354 e. The number of hydrogen-bond donors (Lipinski definition) is 2. The number of carbonyl (C=O) groups excluding carboxylic acids is 1. The molecule has 5 heteroatoms. The third-order valence-electron chi connectivity index (χ3n) is 2.16. The summed E-state index contributed by atoms with van der Waals surface area (Å²) < 4.78 is 1.12. The molecule has 1 amide bonds. The van der Waals surface area contributed by atoms with Gasteiger partial charge < -0.3 is 10.6 Å². The van der Waals surface area contributed by atoms with Gasteiger partial charge in [0.15, 0.2) is 0 Å². The Labute approximate surface area is 95.0 Å². The Morgan fingerprint density at radius 1 is 1.71 bits per heavy atom. The number of rotatable bonds is 3. The minimum atomic E-state index is 0.148. The summed E-state index contributed by atoms with van der Waals surface area (Å²) in [6.07, 6.45) is 0.604. The summed E-state index contributed by atoms with van der Waals surface area (Å²) in [5.41, 5.74) is 0. The van der Waals surface area contributed by atoms with E-state index < -0.39 is 0 Å². The molecule has 2 heterocycles. The smallest absolute Gasteiger partial charge is 0.221 e. The Morgan fingerprint density at radius 3 is 3.14 bits per heavy atom. The SMILES string of the molecule is O=C1CC(NCc2cc(Br)cs2)CN1. The van der Waals surface area contributed by atoms with Crippen LogP contribution in [0, 0.1) is 0 Å². The molecule has 1 aliphatic rings. The van der Waals surface area contributed by atoms with E-state index in [-0.39, 0.29) is 5.91 Å². The average molecular weight is 275 g/mol. The maximum absolute atomic E-state index is 10.9. The van der Waals surface area contributed by atoms with Crippen molar-refractivity contribution in [1.82, 2.24) is 10.6 Å². The van der Waals surface area contributed by atoms with E-state index in [1.54, 1.807) is 11.3 Å². The number of nitrogens with one attached hydrogen (secondary N) is 2. The van der Waals surface area contributed by atoms with E-state index in [0.717, 1.165) is 17.6 Å². The van der Waals surface area contributed by atoms with Gasteiger partial charge in [0.25, 0.3) is 0 Å². The molecule has 1 aromatic rings. The van der Waals surface area contributed by atoms with Crippen LogP contribution in [0.4, 0.5) is 0 Å². The van der Waals surface area contributed by atoms with Crippen LogP contribution >= 0.6 is 27.3 Å². The van der Waals surface area contributed by atoms with Gasteiger partial charge in [-0.15, -0.1) is 11.3 Å². The summed E-state index contributed by atoms with van der Waals surface area (Å²) in [5, 5.41) is 8.22. The largest absolute Gasteiger partial charge is 0.354 e. The van der Waals surface area contributed by atoms with Gasteiger partial charge in [-0.05, 0) is 22.0 Å². The first-order valence-corrected chi connectivity index (χ1v) is 6.14. The fraction of sp³-hybridized carbons (Fsp3) is 0.444. The molecule has 1 atom stereocenters. The van der Waals surface area contributed by atoms with Gasteiger partial charge in [0.05, 0.1) is 0 Å². The molecule has 0 spiro atoms. The predicted molar refractivity (Wildman–Crippen MR) is 60.3 cm³/mol. The lowest BCUT2D eigenvalue weighted by Gasteiger charge is -2.07. The van der Waals surface area contributed by atoms with Crippen LogP contribution in [0.25, 0.3) is 0 Å². The molecule has 1 unspecified atom stereocenters. The van der Waals surface area contributed by atoms with E-state index in [1.165, 1.54) is 4.88 Å². The Bertz CT molecular complexity index is 339. The molecule has 1 saturated heterocycles. The Morgan fingerprint density at radius 2 is 2.57 bits per heavy atom. The topological polar surface area (TPSA) is 41.1 Å². The molecule has 0 saturated carbocycles. The van der Waals surface area contributed by atoms with Gasteiger partial charge in [-0.3, -0.25) is 4.79 Å². The Balaban J connectivity index is 1.80. The van der Waals surface area contributed by atoms with Crippen molar-refractivity contribution in [3.8, 4) is 0 Å². The van der Waals surface area contributed by atoms with Crippen LogP contribution in [-0.4, -0.2) is 18.5 Å². The highest BCUT2D eigenvalue weighted by Gasteiger charge is 2.20. The zero-order valence-corrected chi connectivity index (χ0v) is 9.95. The first-order valence-electron chi connectivity index (χ1n) is 4.47. The van der Waals surface area contributed by atoms with E-state index in [4.69, 9.17) is 0 Å². The van der Waals surface area contributed by atoms with E-state index in [9.17, 15) is 4.79 Å². The van der Waals surface area contributed by atoms with Crippen molar-refractivity contribution in [1.29, 1.82) is 0 Å². The van der Waals surface area contributed by atoms with Gasteiger partial charge in [0, 0.05) is 40.3 Å². The van der Waals surface area contributed by atoms with Crippen LogP contribution < -0.4 is 10.6 Å². The lowest BCUT2D eigenvalue weighted by atomic mass is 10.2. The van der Waals surface area contributed by atoms with Gasteiger partial charge in [0.1, 0.15) is 0 Å². The standard InChI is InChI=1S/C9H11BrN2OS/c10-6-1-8(14-5-6)4-11-7-2-9(13)12-3-7/h1,5,7,11H,2-4H2,(H,12,13). The molecule has 14 heavy (non-hydrogen) atoms. The minimum absolute atomic E-state index is 0.148. The summed E-state index contributed by atoms with van der Waals surface area (Å²) >= 11 is 5.13. The van der Waals surface area contributed by atoms with Gasteiger partial charge in [-0.2, -0.15) is 0 Å². The van der Waals surface area contributed by atoms with Crippen LogP contribution in [-0.2, 0) is 11.3 Å². The van der Waals surface area contributed by atoms with Crippen molar-refractivity contribution in [3.05, 3.63) is 20.8 Å². The number of carbonyl (C=O) groups is 1. The lowest BCUT2D eigenvalue weighted by molar-refractivity contribution is -0.119. The Hall–Kier alpha value is -0.390. The van der Waals surface area contributed by atoms with Crippen LogP contribution in [0.1, 0.15) is 11.3 Å². The van der Waals surface area contributed by atoms with Crippen LogP contribution in [0.5, 0.6) is 0 Å². The van der Waals surface area contributed by atoms with Crippen molar-refractivity contribution >= 4 is 33.2 Å². The molecule has 0 aliphatic carbocycles. The third-order valence-corrected chi connectivity index (χ3v) is 3.86. The summed E-state index contributed by atoms with van der Waals surface area (Å²) in [6, 6.07) is 2.39. The number of halogens is 1. The average Bonchev–Trinajstić information content (AvgIpc) is 2.72. The zero-order chi connectivity index (χ0) is 9.97. The molecule has 3 nitrogen and oxygen atoms in total. The molecule has 2 N–H and O–H groups in total. The molecule has 0 radical (unpaired) electrons. The quantitative estimate of drug-likeness (QED) is 0.877. The van der Waals surface area contributed by atoms with Crippen LogP contribution in [0.15, 0.2) is 15.9 Å². The molecular weight excluding hydrogens is 264 g/mol. The van der Waals surface area contributed by atoms with Gasteiger partial charge in [-0.25, -0.2) is 0 Å². The van der Waals surface area contributed by atoms with E-state index >= 15 is 0 Å². The first kappa shape index (κ1) is 10.1. The van der Waals surface area contributed by atoms with Gasteiger partial charge in [-0.1, -0.05) is 0 Å². The van der Waals surface area contributed by atoms with Gasteiger partial charge >= 0.3 is 0 Å². The second kappa shape index (κ2) is 4.42. The van der Waals surface area contributed by atoms with Crippen LogP contribution in [0.3, 0.4) is 0 Å². The Kier molecular flexibility index (Phi) is 3.20. The van der Waals surface area contributed by atoms with Crippen molar-refractivity contribution < 1.29 is 4.79 Å². The van der Waals surface area contributed by atoms with Crippen molar-refractivity contribution in [2.45, 2.75) is 19.0 Å². The second-order valence-electron chi connectivity index (χ2n) is 3.32. The van der Waals surface area contributed by atoms with Crippen LogP contribution in [0.2, 0.25) is 0 Å². The van der Waals surface area contributed by atoms with Crippen molar-refractivity contribution in [2.75, 3.05) is 6.54 Å². The summed E-state index contributed by atoms with van der Waals surface area (Å²) in [5.74, 6) is 0.148. The molecule has 1 aromatic heterocycles. The summed E-state index contributed by atoms with van der Waals surface area (Å²) in [6.45, 7) is 1.60. The molecule has 1 fully saturated rings. The first-order chi connectivity index (χ1) is 6.74. The van der Waals surface area contributed by atoms with Gasteiger partial charge in [0.2, 0.25) is 5.91 Å². The summed E-state index contributed by atoms with van der Waals surface area (Å²) in [4.78, 5) is 12.2. The molecule has 76 valence electrons. The molecule has 0 aromatic carbocycles. The third kappa shape index (κ3) is 2.56. The predicted octanol–water partition coefficient (Wildman–Crippen LogP) is 1.49. The lowest BCUT2D eigenvalue weighted by Crippen LogP contribution is -2.30. The fourth-order valence-corrected chi connectivity index (χ4v) is 2.84. The zero-order valence-electron chi connectivity index (χ0n) is 7.55. The highest BCUT2D eigenvalue weighted by atomic mass is 79.9. The highest BCUT2D eigenvalue weighted by Crippen LogP contribution is 2.19. The van der Waals surface area contributed by atoms with Crippen molar-refractivity contribution in [3.63, 3.8) is 0 Å². The number of thiophene rings is 1. The number of hydrogen-bond acceptors (Lipinski definition) is 3. The molecule has 2 rings (SSSR count). The van der Waals surface area contributed by atoms with E-state index in [1.807, 2.05) is 0 Å². The van der Waals surface area contributed by atoms with E-state index in [0.29, 0.717) is 12.5 Å². The summed E-state index contributed by atoms with van der Waals surface area (Å²) in [7, 11) is 0. The maximum Gasteiger partial charge on any atom is 0.221 e. The maximum atomic E-state index is 10.9. The van der Waals surface area contributed by atoms with Crippen molar-refractivity contribution in [2.24, 2.45) is 0 Å². The monoisotopic (exact) mass is 274 g/mol. The number of amides is 1.